The molecule has 1 fully saturated rings. The van der Waals surface area contributed by atoms with Gasteiger partial charge in [0.2, 0.25) is 5.88 Å². The van der Waals surface area contributed by atoms with Gasteiger partial charge in [-0.3, -0.25) is 0 Å². The van der Waals surface area contributed by atoms with E-state index in [9.17, 15) is 0 Å². The molecule has 2 rings (SSSR count). The van der Waals surface area contributed by atoms with E-state index in [0.717, 1.165) is 11.7 Å². The van der Waals surface area contributed by atoms with Crippen LogP contribution in [0, 0.1) is 5.92 Å². The molecular formula is C14H23N3O. The molecule has 4 heteroatoms. The van der Waals surface area contributed by atoms with Crippen molar-refractivity contribution in [2.75, 3.05) is 11.9 Å². The van der Waals surface area contributed by atoms with Crippen molar-refractivity contribution in [2.24, 2.45) is 5.92 Å². The highest BCUT2D eigenvalue weighted by Crippen LogP contribution is 2.27. The van der Waals surface area contributed by atoms with Crippen LogP contribution in [0.2, 0.25) is 0 Å². The van der Waals surface area contributed by atoms with Crippen LogP contribution in [0.4, 0.5) is 5.82 Å². The lowest BCUT2D eigenvalue weighted by Crippen LogP contribution is -2.28. The molecule has 1 aromatic rings. The van der Waals surface area contributed by atoms with Gasteiger partial charge in [-0.25, -0.2) is 9.97 Å². The molecule has 0 amide bonds. The summed E-state index contributed by atoms with van der Waals surface area (Å²) in [4.78, 5) is 8.33. The lowest BCUT2D eigenvalue weighted by atomic mass is 9.84. The van der Waals surface area contributed by atoms with Gasteiger partial charge in [-0.2, -0.15) is 0 Å². The molecule has 18 heavy (non-hydrogen) atoms. The summed E-state index contributed by atoms with van der Waals surface area (Å²) in [5, 5.41) is 3.48. The van der Waals surface area contributed by atoms with Gasteiger partial charge in [0.05, 0.1) is 6.61 Å². The summed E-state index contributed by atoms with van der Waals surface area (Å²) < 4.78 is 5.38. The van der Waals surface area contributed by atoms with Crippen molar-refractivity contribution in [1.82, 2.24) is 9.97 Å². The van der Waals surface area contributed by atoms with Crippen LogP contribution in [0.5, 0.6) is 5.88 Å². The Morgan fingerprint density at radius 3 is 2.83 bits per heavy atom. The summed E-state index contributed by atoms with van der Waals surface area (Å²) in [5.41, 5.74) is 0. The van der Waals surface area contributed by atoms with Crippen LogP contribution in [0.1, 0.15) is 46.0 Å². The number of hydrogen-bond acceptors (Lipinski definition) is 4. The molecule has 1 N–H and O–H groups in total. The Kier molecular flexibility index (Phi) is 4.79. The second-order valence-electron chi connectivity index (χ2n) is 5.01. The Morgan fingerprint density at radius 2 is 2.11 bits per heavy atom. The summed E-state index contributed by atoms with van der Waals surface area (Å²) in [5.74, 6) is 2.28. The van der Waals surface area contributed by atoms with Crippen LogP contribution in [-0.2, 0) is 0 Å². The van der Waals surface area contributed by atoms with E-state index >= 15 is 0 Å². The van der Waals surface area contributed by atoms with Gasteiger partial charge in [-0.05, 0) is 32.6 Å². The number of aromatic nitrogens is 2. The summed E-state index contributed by atoms with van der Waals surface area (Å²) in [7, 11) is 0. The molecule has 0 bridgehead atoms. The van der Waals surface area contributed by atoms with Crippen molar-refractivity contribution in [1.29, 1.82) is 0 Å². The molecule has 1 saturated carbocycles. The molecule has 0 saturated heterocycles. The third-order valence-corrected chi connectivity index (χ3v) is 3.67. The first kappa shape index (κ1) is 13.1. The molecule has 4 nitrogen and oxygen atoms in total. The third kappa shape index (κ3) is 3.59. The van der Waals surface area contributed by atoms with Crippen molar-refractivity contribution in [3.63, 3.8) is 0 Å². The van der Waals surface area contributed by atoms with Crippen molar-refractivity contribution in [3.8, 4) is 5.88 Å². The monoisotopic (exact) mass is 249 g/mol. The van der Waals surface area contributed by atoms with E-state index in [0.29, 0.717) is 18.5 Å². The zero-order chi connectivity index (χ0) is 12.8. The van der Waals surface area contributed by atoms with Gasteiger partial charge in [0.25, 0.3) is 0 Å². The Balaban J connectivity index is 1.93. The Morgan fingerprint density at radius 1 is 1.33 bits per heavy atom. The fourth-order valence-corrected chi connectivity index (χ4v) is 2.63. The molecule has 1 aliphatic rings. The molecule has 0 radical (unpaired) electrons. The summed E-state index contributed by atoms with van der Waals surface area (Å²) in [6.45, 7) is 4.84. The maximum atomic E-state index is 5.38. The highest BCUT2D eigenvalue weighted by atomic mass is 16.5. The van der Waals surface area contributed by atoms with E-state index < -0.39 is 0 Å². The maximum Gasteiger partial charge on any atom is 0.218 e. The Labute approximate surface area is 109 Å². The predicted molar refractivity (Wildman–Crippen MR) is 72.9 cm³/mol. The topological polar surface area (TPSA) is 47.0 Å². The van der Waals surface area contributed by atoms with Crippen LogP contribution >= 0.6 is 0 Å². The number of nitrogens with zero attached hydrogens (tertiary/aromatic N) is 2. The van der Waals surface area contributed by atoms with Crippen LogP contribution in [-0.4, -0.2) is 22.6 Å². The number of ether oxygens (including phenoxy) is 1. The zero-order valence-corrected chi connectivity index (χ0v) is 11.4. The minimum Gasteiger partial charge on any atom is -0.478 e. The average Bonchev–Trinajstić information content (AvgIpc) is 2.40. The van der Waals surface area contributed by atoms with Crippen LogP contribution in [0.25, 0.3) is 0 Å². The molecule has 1 atom stereocenters. The predicted octanol–water partition coefficient (Wildman–Crippen LogP) is 3.26. The van der Waals surface area contributed by atoms with Gasteiger partial charge in [0, 0.05) is 12.1 Å². The van der Waals surface area contributed by atoms with Gasteiger partial charge in [0.1, 0.15) is 12.1 Å². The van der Waals surface area contributed by atoms with E-state index in [2.05, 4.69) is 22.2 Å². The normalized spacial score (nSPS) is 18.3. The van der Waals surface area contributed by atoms with Gasteiger partial charge >= 0.3 is 0 Å². The van der Waals surface area contributed by atoms with Crippen molar-refractivity contribution in [3.05, 3.63) is 12.4 Å². The molecule has 100 valence electrons. The van der Waals surface area contributed by atoms with E-state index in [-0.39, 0.29) is 0 Å². The fourth-order valence-electron chi connectivity index (χ4n) is 2.63. The molecule has 1 aliphatic carbocycles. The zero-order valence-electron chi connectivity index (χ0n) is 11.4. The first-order valence-corrected chi connectivity index (χ1v) is 7.01. The minimum atomic E-state index is 0.467. The van der Waals surface area contributed by atoms with E-state index in [1.807, 2.05) is 13.0 Å². The number of anilines is 1. The number of nitrogens with one attached hydrogen (secondary N) is 1. The maximum absolute atomic E-state index is 5.38. The van der Waals surface area contributed by atoms with Crippen LogP contribution < -0.4 is 10.1 Å². The smallest absolute Gasteiger partial charge is 0.218 e. The largest absolute Gasteiger partial charge is 0.478 e. The van der Waals surface area contributed by atoms with Gasteiger partial charge in [-0.15, -0.1) is 0 Å². The number of hydrogen-bond donors (Lipinski definition) is 1. The van der Waals surface area contributed by atoms with Crippen molar-refractivity contribution in [2.45, 2.75) is 52.0 Å². The average molecular weight is 249 g/mol. The molecule has 0 aromatic carbocycles. The fraction of sp³-hybridized carbons (Fsp3) is 0.714. The minimum absolute atomic E-state index is 0.467. The highest BCUT2D eigenvalue weighted by molar-refractivity contribution is 5.38. The summed E-state index contributed by atoms with van der Waals surface area (Å²) in [6, 6.07) is 2.35. The molecule has 1 aromatic heterocycles. The van der Waals surface area contributed by atoms with E-state index in [4.69, 9.17) is 4.74 Å². The van der Waals surface area contributed by atoms with E-state index in [1.165, 1.54) is 32.1 Å². The molecule has 1 unspecified atom stereocenters. The van der Waals surface area contributed by atoms with Gasteiger partial charge in [-0.1, -0.05) is 19.3 Å². The third-order valence-electron chi connectivity index (χ3n) is 3.67. The standard InChI is InChI=1S/C14H23N3O/c1-3-18-14-9-13(15-10-16-14)17-11(2)12-7-5-4-6-8-12/h9-12H,3-8H2,1-2H3,(H,15,16,17). The van der Waals surface area contributed by atoms with Crippen molar-refractivity contribution >= 4 is 5.82 Å². The molecule has 0 spiro atoms. The molecule has 0 aliphatic heterocycles. The van der Waals surface area contributed by atoms with Gasteiger partial charge < -0.3 is 10.1 Å². The second-order valence-corrected chi connectivity index (χ2v) is 5.01. The Hall–Kier alpha value is -1.32. The highest BCUT2D eigenvalue weighted by Gasteiger charge is 2.20. The number of rotatable bonds is 5. The van der Waals surface area contributed by atoms with Crippen molar-refractivity contribution < 1.29 is 4.74 Å². The first-order valence-electron chi connectivity index (χ1n) is 7.01. The van der Waals surface area contributed by atoms with E-state index in [1.54, 1.807) is 6.33 Å². The lowest BCUT2D eigenvalue weighted by molar-refractivity contribution is 0.323. The molecule has 1 heterocycles. The van der Waals surface area contributed by atoms with Crippen LogP contribution in [0.15, 0.2) is 12.4 Å². The summed E-state index contributed by atoms with van der Waals surface area (Å²) >= 11 is 0. The SMILES string of the molecule is CCOc1cc(NC(C)C2CCCCC2)ncn1. The summed E-state index contributed by atoms with van der Waals surface area (Å²) in [6.07, 6.45) is 8.34. The lowest BCUT2D eigenvalue weighted by Gasteiger charge is -2.28. The second kappa shape index (κ2) is 6.57. The Bertz CT molecular complexity index is 364. The quantitative estimate of drug-likeness (QED) is 0.870. The molecular weight excluding hydrogens is 226 g/mol. The van der Waals surface area contributed by atoms with Crippen LogP contribution in [0.3, 0.4) is 0 Å². The first-order chi connectivity index (χ1) is 8.79. The van der Waals surface area contributed by atoms with Gasteiger partial charge in [0.15, 0.2) is 0 Å².